The second kappa shape index (κ2) is 10.7. The Morgan fingerprint density at radius 3 is 2.42 bits per heavy atom. The van der Waals surface area contributed by atoms with Crippen molar-refractivity contribution in [1.82, 2.24) is 15.1 Å². The number of benzene rings is 2. The minimum atomic E-state index is -3.89. The number of ether oxygens (including phenoxy) is 1. The Balaban J connectivity index is 1.41. The number of carbonyl (C=O) groups excluding carboxylic acids is 5. The molecule has 2 aromatic rings. The molecule has 2 aliphatic heterocycles. The number of hydrogen-bond acceptors (Lipinski definition) is 7. The Hall–Kier alpha value is -4.26. The zero-order chi connectivity index (χ0) is 29.4. The predicted molar refractivity (Wildman–Crippen MR) is 133 cm³/mol. The maximum atomic E-state index is 14.5. The summed E-state index contributed by atoms with van der Waals surface area (Å²) in [6, 6.07) is 6.86. The SMILES string of the molecule is CC(C)(N)C(=O)OCN1C(=O)CCC(N2Cc3cc(CNC(=O)C(F)(F)c4ccc(F)cc4)ccc3C2=O)C1=O. The van der Waals surface area contributed by atoms with Crippen LogP contribution in [0, 0.1) is 5.82 Å². The van der Waals surface area contributed by atoms with Gasteiger partial charge >= 0.3 is 11.9 Å². The van der Waals surface area contributed by atoms with Crippen molar-refractivity contribution in [3.8, 4) is 0 Å². The molecule has 40 heavy (non-hydrogen) atoms. The number of nitrogens with two attached hydrogens (primary N) is 1. The van der Waals surface area contributed by atoms with Crippen molar-refractivity contribution in [3.63, 3.8) is 0 Å². The van der Waals surface area contributed by atoms with E-state index in [2.05, 4.69) is 5.32 Å². The lowest BCUT2D eigenvalue weighted by atomic mass is 10.0. The van der Waals surface area contributed by atoms with Crippen molar-refractivity contribution < 1.29 is 41.9 Å². The van der Waals surface area contributed by atoms with E-state index in [0.717, 1.165) is 29.2 Å². The molecule has 1 fully saturated rings. The van der Waals surface area contributed by atoms with Crippen LogP contribution < -0.4 is 11.1 Å². The van der Waals surface area contributed by atoms with Crippen LogP contribution >= 0.6 is 0 Å². The maximum Gasteiger partial charge on any atom is 0.349 e. The minimum Gasteiger partial charge on any atom is -0.442 e. The van der Waals surface area contributed by atoms with Gasteiger partial charge in [-0.25, -0.2) is 9.29 Å². The first-order valence-corrected chi connectivity index (χ1v) is 12.4. The minimum absolute atomic E-state index is 0.00967. The Morgan fingerprint density at radius 1 is 1.10 bits per heavy atom. The molecule has 2 aliphatic rings. The number of likely N-dealkylation sites (tertiary alicyclic amines) is 1. The van der Waals surface area contributed by atoms with Gasteiger partial charge in [-0.1, -0.05) is 12.1 Å². The van der Waals surface area contributed by atoms with Gasteiger partial charge < -0.3 is 20.7 Å². The average Bonchev–Trinajstić information content (AvgIpc) is 3.21. The lowest BCUT2D eigenvalue weighted by Gasteiger charge is -2.35. The monoisotopic (exact) mass is 560 g/mol. The first-order chi connectivity index (χ1) is 18.7. The van der Waals surface area contributed by atoms with E-state index in [0.29, 0.717) is 16.7 Å². The molecule has 0 spiro atoms. The highest BCUT2D eigenvalue weighted by Gasteiger charge is 2.44. The third kappa shape index (κ3) is 5.69. The van der Waals surface area contributed by atoms with E-state index in [1.807, 2.05) is 0 Å². The highest BCUT2D eigenvalue weighted by Crippen LogP contribution is 2.31. The van der Waals surface area contributed by atoms with Gasteiger partial charge in [-0.2, -0.15) is 8.78 Å². The fourth-order valence-corrected chi connectivity index (χ4v) is 4.40. The molecule has 1 unspecified atom stereocenters. The number of imide groups is 1. The molecule has 2 heterocycles. The van der Waals surface area contributed by atoms with E-state index >= 15 is 0 Å². The lowest BCUT2D eigenvalue weighted by Crippen LogP contribution is -2.56. The molecule has 0 aliphatic carbocycles. The summed E-state index contributed by atoms with van der Waals surface area (Å²) in [5.41, 5.74) is 4.91. The molecule has 0 radical (unpaired) electrons. The lowest BCUT2D eigenvalue weighted by molar-refractivity contribution is -0.166. The molecule has 0 aromatic heterocycles. The number of amides is 4. The zero-order valence-electron chi connectivity index (χ0n) is 21.7. The van der Waals surface area contributed by atoms with Crippen LogP contribution in [0.15, 0.2) is 42.5 Å². The molecule has 4 rings (SSSR count). The molecular formula is C27H27F3N4O6. The van der Waals surface area contributed by atoms with Gasteiger partial charge in [-0.3, -0.25) is 24.0 Å². The second-order valence-corrected chi connectivity index (χ2v) is 10.2. The Bertz CT molecular complexity index is 1370. The molecule has 4 amide bonds. The van der Waals surface area contributed by atoms with E-state index in [1.165, 1.54) is 30.9 Å². The third-order valence-electron chi connectivity index (χ3n) is 6.66. The molecule has 0 saturated carbocycles. The van der Waals surface area contributed by atoms with E-state index < -0.39 is 65.2 Å². The number of rotatable bonds is 8. The topological polar surface area (TPSA) is 139 Å². The van der Waals surface area contributed by atoms with Crippen molar-refractivity contribution in [2.75, 3.05) is 6.73 Å². The summed E-state index contributed by atoms with van der Waals surface area (Å²) >= 11 is 0. The van der Waals surface area contributed by atoms with Crippen molar-refractivity contribution in [2.24, 2.45) is 5.73 Å². The molecule has 10 nitrogen and oxygen atoms in total. The van der Waals surface area contributed by atoms with Crippen LogP contribution in [0.25, 0.3) is 0 Å². The molecule has 2 aromatic carbocycles. The van der Waals surface area contributed by atoms with Gasteiger partial charge in [0.1, 0.15) is 17.4 Å². The number of carbonyl (C=O) groups is 5. The molecule has 212 valence electrons. The number of nitrogens with one attached hydrogen (secondary N) is 1. The van der Waals surface area contributed by atoms with Crippen LogP contribution in [-0.2, 0) is 42.9 Å². The molecule has 0 bridgehead atoms. The van der Waals surface area contributed by atoms with E-state index in [1.54, 1.807) is 6.07 Å². The molecule has 1 saturated heterocycles. The van der Waals surface area contributed by atoms with E-state index in [-0.39, 0.29) is 25.9 Å². The summed E-state index contributed by atoms with van der Waals surface area (Å²) in [4.78, 5) is 64.8. The Labute approximate surface area is 227 Å². The van der Waals surface area contributed by atoms with Gasteiger partial charge in [0.25, 0.3) is 17.7 Å². The first kappa shape index (κ1) is 28.7. The number of esters is 1. The molecule has 1 atom stereocenters. The van der Waals surface area contributed by atoms with Gasteiger partial charge in [-0.15, -0.1) is 0 Å². The average molecular weight is 561 g/mol. The molecule has 3 N–H and O–H groups in total. The summed E-state index contributed by atoms with van der Waals surface area (Å²) in [5.74, 6) is -8.70. The van der Waals surface area contributed by atoms with Gasteiger partial charge in [0.2, 0.25) is 5.91 Å². The number of nitrogens with zero attached hydrogens (tertiary/aromatic N) is 2. The predicted octanol–water partition coefficient (Wildman–Crippen LogP) is 1.95. The van der Waals surface area contributed by atoms with Crippen LogP contribution in [-0.4, -0.2) is 57.7 Å². The molecular weight excluding hydrogens is 533 g/mol. The van der Waals surface area contributed by atoms with Crippen LogP contribution in [0.1, 0.15) is 53.7 Å². The number of hydrogen-bond donors (Lipinski definition) is 2. The van der Waals surface area contributed by atoms with Crippen LogP contribution in [0.2, 0.25) is 0 Å². The summed E-state index contributed by atoms with van der Waals surface area (Å²) in [7, 11) is 0. The number of alkyl halides is 2. The van der Waals surface area contributed by atoms with Crippen molar-refractivity contribution in [1.29, 1.82) is 0 Å². The Morgan fingerprint density at radius 2 is 1.77 bits per heavy atom. The van der Waals surface area contributed by atoms with E-state index in [9.17, 15) is 37.1 Å². The fourth-order valence-electron chi connectivity index (χ4n) is 4.40. The normalized spacial score (nSPS) is 17.6. The number of halogens is 3. The van der Waals surface area contributed by atoms with Crippen LogP contribution in [0.5, 0.6) is 0 Å². The smallest absolute Gasteiger partial charge is 0.349 e. The quantitative estimate of drug-likeness (QED) is 0.372. The van der Waals surface area contributed by atoms with Crippen molar-refractivity contribution in [3.05, 3.63) is 70.5 Å². The largest absolute Gasteiger partial charge is 0.442 e. The number of fused-ring (bicyclic) bond motifs is 1. The van der Waals surface area contributed by atoms with Gasteiger partial charge in [-0.05, 0) is 61.7 Å². The standard InChI is InChI=1S/C27H27F3N4O6/c1-26(2,31)25(39)40-14-34-21(35)10-9-20(23(34)37)33-13-16-11-15(3-8-19(16)22(33)36)12-32-24(38)27(29,30)17-4-6-18(28)7-5-17/h3-8,11,20H,9-10,12-14,31H2,1-2H3,(H,32,38). The van der Waals surface area contributed by atoms with Gasteiger partial charge in [0.05, 0.1) is 0 Å². The second-order valence-electron chi connectivity index (χ2n) is 10.2. The summed E-state index contributed by atoms with van der Waals surface area (Å²) in [6.07, 6.45) is 0.0191. The van der Waals surface area contributed by atoms with Crippen molar-refractivity contribution in [2.45, 2.75) is 57.3 Å². The summed E-state index contributed by atoms with van der Waals surface area (Å²) in [6.45, 7) is 1.93. The Kier molecular flexibility index (Phi) is 7.70. The fraction of sp³-hybridized carbons (Fsp3) is 0.370. The zero-order valence-corrected chi connectivity index (χ0v) is 21.7. The first-order valence-electron chi connectivity index (χ1n) is 12.4. The van der Waals surface area contributed by atoms with Gasteiger partial charge in [0, 0.05) is 30.6 Å². The van der Waals surface area contributed by atoms with Gasteiger partial charge in [0.15, 0.2) is 6.73 Å². The highest BCUT2D eigenvalue weighted by molar-refractivity contribution is 6.05. The molecule has 13 heteroatoms. The van der Waals surface area contributed by atoms with E-state index in [4.69, 9.17) is 10.5 Å². The maximum absolute atomic E-state index is 14.5. The van der Waals surface area contributed by atoms with Crippen LogP contribution in [0.3, 0.4) is 0 Å². The summed E-state index contributed by atoms with van der Waals surface area (Å²) < 4.78 is 47.0. The third-order valence-corrected chi connectivity index (χ3v) is 6.66. The van der Waals surface area contributed by atoms with Crippen LogP contribution in [0.4, 0.5) is 13.2 Å². The van der Waals surface area contributed by atoms with Crippen molar-refractivity contribution >= 4 is 29.6 Å². The highest BCUT2D eigenvalue weighted by atomic mass is 19.3. The number of piperidine rings is 1. The summed E-state index contributed by atoms with van der Waals surface area (Å²) in [5, 5.41) is 2.15.